The van der Waals surface area contributed by atoms with Crippen LogP contribution in [0.4, 0.5) is 0 Å². The van der Waals surface area contributed by atoms with Crippen LogP contribution in [0.3, 0.4) is 0 Å². The molecule has 3 rings (SSSR count). The van der Waals surface area contributed by atoms with Crippen molar-refractivity contribution < 1.29 is 24.2 Å². The fourth-order valence-electron chi connectivity index (χ4n) is 4.60. The van der Waals surface area contributed by atoms with E-state index in [-0.39, 0.29) is 5.56 Å². The fraction of sp³-hybridized carbons (Fsp3) is 0.267. The smallest absolute Gasteiger partial charge is 0.344 e. The van der Waals surface area contributed by atoms with E-state index in [9.17, 15) is 14.7 Å². The molecule has 0 radical (unpaired) electrons. The first-order chi connectivity index (χ1) is 16.6. The number of hydrogen-bond donors (Lipinski definition) is 1. The number of carbonyl (C=O) groups is 2. The van der Waals surface area contributed by atoms with Crippen molar-refractivity contribution in [1.29, 1.82) is 0 Å². The van der Waals surface area contributed by atoms with Gasteiger partial charge < -0.3 is 14.6 Å². The van der Waals surface area contributed by atoms with E-state index in [0.717, 1.165) is 27.8 Å². The Morgan fingerprint density at radius 2 is 1.60 bits per heavy atom. The van der Waals surface area contributed by atoms with Crippen LogP contribution in [0.5, 0.6) is 11.5 Å². The average Bonchev–Trinajstić information content (AvgIpc) is 2.81. The molecular weight excluding hydrogens is 440 g/mol. The van der Waals surface area contributed by atoms with Gasteiger partial charge in [-0.2, -0.15) is 0 Å². The molecule has 0 aliphatic carbocycles. The zero-order valence-electron chi connectivity index (χ0n) is 21.2. The van der Waals surface area contributed by atoms with Crippen LogP contribution in [-0.4, -0.2) is 17.0 Å². The highest BCUT2D eigenvalue weighted by Gasteiger charge is 2.25. The molecule has 0 spiro atoms. The van der Waals surface area contributed by atoms with E-state index >= 15 is 0 Å². The van der Waals surface area contributed by atoms with Crippen molar-refractivity contribution in [2.24, 2.45) is 0 Å². The molecule has 0 unspecified atom stereocenters. The minimum Gasteiger partial charge on any atom is -0.488 e. The maximum atomic E-state index is 13.5. The van der Waals surface area contributed by atoms with Crippen LogP contribution in [0.15, 0.2) is 43.0 Å². The maximum Gasteiger partial charge on any atom is 0.344 e. The molecule has 0 amide bonds. The lowest BCUT2D eigenvalue weighted by molar-refractivity contribution is 0.0694. The summed E-state index contributed by atoms with van der Waals surface area (Å²) < 4.78 is 12.0. The van der Waals surface area contributed by atoms with Gasteiger partial charge in [-0.15, -0.1) is 0 Å². The van der Waals surface area contributed by atoms with Gasteiger partial charge in [-0.05, 0) is 86.1 Å². The molecule has 0 heterocycles. The number of carboxylic acids is 1. The van der Waals surface area contributed by atoms with Gasteiger partial charge in [-0.1, -0.05) is 49.9 Å². The van der Waals surface area contributed by atoms with Gasteiger partial charge in [0.1, 0.15) is 18.1 Å². The molecule has 0 aliphatic rings. The Morgan fingerprint density at radius 1 is 0.943 bits per heavy atom. The minimum absolute atomic E-state index is 0.264. The van der Waals surface area contributed by atoms with Gasteiger partial charge in [0.15, 0.2) is 0 Å². The van der Waals surface area contributed by atoms with Crippen LogP contribution in [0.1, 0.15) is 72.1 Å². The molecule has 0 aromatic heterocycles. The van der Waals surface area contributed by atoms with Crippen molar-refractivity contribution in [1.82, 2.24) is 0 Å². The topological polar surface area (TPSA) is 72.8 Å². The molecule has 5 heteroatoms. The number of benzene rings is 3. The molecule has 182 valence electrons. The third kappa shape index (κ3) is 4.99. The largest absolute Gasteiger partial charge is 0.488 e. The number of rotatable bonds is 8. The second kappa shape index (κ2) is 10.6. The van der Waals surface area contributed by atoms with E-state index in [0.29, 0.717) is 46.8 Å². The van der Waals surface area contributed by atoms with E-state index in [2.05, 4.69) is 6.58 Å². The van der Waals surface area contributed by atoms with Crippen LogP contribution in [0.25, 0.3) is 6.08 Å². The van der Waals surface area contributed by atoms with Crippen molar-refractivity contribution >= 4 is 18.0 Å². The molecule has 0 aliphatic heterocycles. The third-order valence-corrected chi connectivity index (χ3v) is 6.57. The monoisotopic (exact) mass is 472 g/mol. The summed E-state index contributed by atoms with van der Waals surface area (Å²) in [6, 6.07) is 11.7. The van der Waals surface area contributed by atoms with Gasteiger partial charge in [-0.25, -0.2) is 9.59 Å². The van der Waals surface area contributed by atoms with Gasteiger partial charge in [0.05, 0.1) is 11.1 Å². The molecule has 3 aromatic rings. The molecule has 5 nitrogen and oxygen atoms in total. The summed E-state index contributed by atoms with van der Waals surface area (Å²) in [6.45, 7) is 15.2. The standard InChI is InChI=1S/C30H32O5/c1-8-23-20(6)26(17(3)15-25(23)34-16-22-13-11-10-12-14-22)30(33)35-28-19(5)18(4)27(29(31)32)21(7)24(28)9-2/h8,10-15H,1,9,16H2,2-7H3,(H,31,32). The van der Waals surface area contributed by atoms with Crippen molar-refractivity contribution in [2.75, 3.05) is 0 Å². The van der Waals surface area contributed by atoms with E-state index in [4.69, 9.17) is 9.47 Å². The number of hydrogen-bond acceptors (Lipinski definition) is 4. The molecule has 0 fully saturated rings. The Morgan fingerprint density at radius 3 is 2.17 bits per heavy atom. The quantitative estimate of drug-likeness (QED) is 0.284. The Balaban J connectivity index is 2.01. The molecule has 3 aromatic carbocycles. The summed E-state index contributed by atoms with van der Waals surface area (Å²) in [5, 5.41) is 9.69. The SMILES string of the molecule is C=Cc1c(OCc2ccccc2)cc(C)c(C(=O)Oc2c(C)c(C)c(C(=O)O)c(C)c2CC)c1C. The van der Waals surface area contributed by atoms with Gasteiger partial charge in [0.2, 0.25) is 0 Å². The second-order valence-electron chi connectivity index (χ2n) is 8.69. The van der Waals surface area contributed by atoms with Crippen LogP contribution >= 0.6 is 0 Å². The molecule has 0 saturated carbocycles. The number of esters is 1. The predicted molar refractivity (Wildman–Crippen MR) is 139 cm³/mol. The highest BCUT2D eigenvalue weighted by Crippen LogP contribution is 2.36. The van der Waals surface area contributed by atoms with E-state index < -0.39 is 11.9 Å². The van der Waals surface area contributed by atoms with Crippen molar-refractivity contribution in [3.63, 3.8) is 0 Å². The predicted octanol–water partition coefficient (Wildman–Crippen LogP) is 6.93. The van der Waals surface area contributed by atoms with Crippen molar-refractivity contribution in [3.05, 3.63) is 98.6 Å². The Hall–Kier alpha value is -3.86. The van der Waals surface area contributed by atoms with Gasteiger partial charge in [-0.3, -0.25) is 0 Å². The lowest BCUT2D eigenvalue weighted by Gasteiger charge is -2.21. The summed E-state index contributed by atoms with van der Waals surface area (Å²) in [4.78, 5) is 25.3. The summed E-state index contributed by atoms with van der Waals surface area (Å²) in [5.41, 5.74) is 6.54. The lowest BCUT2D eigenvalue weighted by atomic mass is 9.91. The summed E-state index contributed by atoms with van der Waals surface area (Å²) in [7, 11) is 0. The normalized spacial score (nSPS) is 10.7. The number of carboxylic acid groups (broad SMARTS) is 1. The van der Waals surface area contributed by atoms with Crippen LogP contribution in [0, 0.1) is 34.6 Å². The molecule has 1 N–H and O–H groups in total. The molecule has 0 atom stereocenters. The van der Waals surface area contributed by atoms with Crippen LogP contribution in [0.2, 0.25) is 0 Å². The van der Waals surface area contributed by atoms with Gasteiger partial charge in [0, 0.05) is 5.56 Å². The van der Waals surface area contributed by atoms with Crippen LogP contribution < -0.4 is 9.47 Å². The van der Waals surface area contributed by atoms with Crippen molar-refractivity contribution in [2.45, 2.75) is 54.6 Å². The first-order valence-electron chi connectivity index (χ1n) is 11.6. The number of aryl methyl sites for hydroxylation is 1. The first-order valence-corrected chi connectivity index (χ1v) is 11.6. The summed E-state index contributed by atoms with van der Waals surface area (Å²) >= 11 is 0. The molecule has 0 saturated heterocycles. The summed E-state index contributed by atoms with van der Waals surface area (Å²) in [6.07, 6.45) is 2.22. The average molecular weight is 473 g/mol. The van der Waals surface area contributed by atoms with Crippen LogP contribution in [-0.2, 0) is 13.0 Å². The zero-order valence-corrected chi connectivity index (χ0v) is 21.2. The Labute approximate surface area is 207 Å². The minimum atomic E-state index is -0.982. The third-order valence-electron chi connectivity index (χ3n) is 6.57. The lowest BCUT2D eigenvalue weighted by Crippen LogP contribution is -2.17. The highest BCUT2D eigenvalue weighted by molar-refractivity contribution is 5.97. The first kappa shape index (κ1) is 25.8. The Bertz CT molecular complexity index is 1300. The fourth-order valence-corrected chi connectivity index (χ4v) is 4.60. The van der Waals surface area contributed by atoms with Gasteiger partial charge in [0.25, 0.3) is 0 Å². The highest BCUT2D eigenvalue weighted by atomic mass is 16.5. The zero-order chi connectivity index (χ0) is 25.9. The van der Waals surface area contributed by atoms with E-state index in [1.54, 1.807) is 26.8 Å². The van der Waals surface area contributed by atoms with E-state index in [1.807, 2.05) is 57.2 Å². The number of carbonyl (C=O) groups excluding carboxylic acids is 1. The molecular formula is C30H32O5. The Kier molecular flexibility index (Phi) is 7.80. The summed E-state index contributed by atoms with van der Waals surface area (Å²) in [5.74, 6) is -0.388. The van der Waals surface area contributed by atoms with Gasteiger partial charge >= 0.3 is 11.9 Å². The van der Waals surface area contributed by atoms with Crippen molar-refractivity contribution in [3.8, 4) is 11.5 Å². The maximum absolute atomic E-state index is 13.5. The number of aromatic carboxylic acids is 1. The van der Waals surface area contributed by atoms with E-state index in [1.165, 1.54) is 0 Å². The second-order valence-corrected chi connectivity index (χ2v) is 8.69. The number of ether oxygens (including phenoxy) is 2. The molecule has 0 bridgehead atoms. The molecule has 35 heavy (non-hydrogen) atoms.